The van der Waals surface area contributed by atoms with Crippen LogP contribution in [0.25, 0.3) is 0 Å². The van der Waals surface area contributed by atoms with E-state index < -0.39 is 35.3 Å². The van der Waals surface area contributed by atoms with Gasteiger partial charge in [-0.2, -0.15) is 13.2 Å². The summed E-state index contributed by atoms with van der Waals surface area (Å²) in [5.74, 6) is -3.19. The lowest BCUT2D eigenvalue weighted by atomic mass is 9.92. The molecule has 25 heavy (non-hydrogen) atoms. The molecule has 0 aliphatic heterocycles. The molecule has 0 saturated carbocycles. The van der Waals surface area contributed by atoms with Gasteiger partial charge in [0.15, 0.2) is 0 Å². The number of ether oxygens (including phenoxy) is 2. The first-order chi connectivity index (χ1) is 12.2. The van der Waals surface area contributed by atoms with Crippen molar-refractivity contribution in [1.29, 1.82) is 0 Å². The minimum atomic E-state index is -5.09. The number of alkyl halides is 4. The third-order valence-electron chi connectivity index (χ3n) is 3.65. The standard InChI is InChI=1S/C18H16ClF3O3/c1-24-17(18(20,21)22,14-10-6-3-7-11-14)16(23)25-15(12-19)13-8-4-2-5-9-13/h2-11,15H,12H2,1H3/t15-,17+/m0/s1/i12D/t12-,15-,17+. The molecular weight excluding hydrogens is 357 g/mol. The van der Waals surface area contributed by atoms with Gasteiger partial charge >= 0.3 is 12.1 Å². The smallest absolute Gasteiger partial charge is 0.432 e. The third kappa shape index (κ3) is 3.80. The van der Waals surface area contributed by atoms with Crippen LogP contribution in [0.4, 0.5) is 13.2 Å². The highest BCUT2D eigenvalue weighted by Crippen LogP contribution is 2.43. The van der Waals surface area contributed by atoms with Crippen LogP contribution < -0.4 is 0 Å². The number of rotatable bonds is 6. The predicted molar refractivity (Wildman–Crippen MR) is 87.2 cm³/mol. The molecule has 0 spiro atoms. The molecule has 2 aromatic rings. The SMILES string of the molecule is [2H][C@H](Cl)[C@H](OC(=O)[C@](OC)(c1ccccc1)C(F)(F)F)c1ccccc1. The lowest BCUT2D eigenvalue weighted by Gasteiger charge is -2.33. The van der Waals surface area contributed by atoms with E-state index in [1.807, 2.05) is 0 Å². The maximum atomic E-state index is 13.9. The Labute approximate surface area is 149 Å². The van der Waals surface area contributed by atoms with E-state index in [0.717, 1.165) is 19.2 Å². The summed E-state index contributed by atoms with van der Waals surface area (Å²) in [6.07, 6.45) is -6.49. The lowest BCUT2D eigenvalue weighted by Crippen LogP contribution is -2.52. The fraction of sp³-hybridized carbons (Fsp3) is 0.278. The van der Waals surface area contributed by atoms with E-state index in [4.69, 9.17) is 17.7 Å². The number of carbonyl (C=O) groups is 1. The molecule has 134 valence electrons. The summed E-state index contributed by atoms with van der Waals surface area (Å²) in [5.41, 5.74) is -3.45. The molecule has 0 aliphatic carbocycles. The minimum Gasteiger partial charge on any atom is -0.454 e. The zero-order valence-corrected chi connectivity index (χ0v) is 13.9. The molecule has 0 bridgehead atoms. The summed E-state index contributed by atoms with van der Waals surface area (Å²) in [6.45, 7) is 0. The fourth-order valence-corrected chi connectivity index (χ4v) is 2.59. The Bertz CT molecular complexity index is 725. The third-order valence-corrected chi connectivity index (χ3v) is 3.88. The minimum absolute atomic E-state index is 0.302. The molecule has 0 unspecified atom stereocenters. The summed E-state index contributed by atoms with van der Waals surface area (Å²) in [4.78, 5) is 12.6. The highest BCUT2D eigenvalue weighted by atomic mass is 35.5. The van der Waals surface area contributed by atoms with Crippen LogP contribution in [0, 0.1) is 0 Å². The average molecular weight is 374 g/mol. The van der Waals surface area contributed by atoms with Crippen LogP contribution in [0.15, 0.2) is 60.7 Å². The summed E-state index contributed by atoms with van der Waals surface area (Å²) >= 11 is 5.74. The van der Waals surface area contributed by atoms with Gasteiger partial charge in [0.2, 0.25) is 0 Å². The number of carbonyl (C=O) groups excluding carboxylic acids is 1. The topological polar surface area (TPSA) is 35.5 Å². The number of halogens is 4. The Balaban J connectivity index is 2.47. The molecular formula is C18H16ClF3O3. The van der Waals surface area contributed by atoms with Gasteiger partial charge in [-0.1, -0.05) is 60.7 Å². The number of esters is 1. The Morgan fingerprint density at radius 1 is 1.12 bits per heavy atom. The molecule has 0 saturated heterocycles. The van der Waals surface area contributed by atoms with Crippen molar-refractivity contribution in [2.75, 3.05) is 13.0 Å². The van der Waals surface area contributed by atoms with Crippen molar-refractivity contribution in [1.82, 2.24) is 0 Å². The Morgan fingerprint density at radius 2 is 1.64 bits per heavy atom. The number of benzene rings is 2. The van der Waals surface area contributed by atoms with Crippen molar-refractivity contribution in [3.63, 3.8) is 0 Å². The Hall–Kier alpha value is -2.05. The predicted octanol–water partition coefficient (Wildman–Crippen LogP) is 4.61. The highest BCUT2D eigenvalue weighted by molar-refractivity contribution is 6.18. The molecule has 0 aliphatic rings. The molecule has 7 heteroatoms. The first kappa shape index (κ1) is 17.8. The quantitative estimate of drug-likeness (QED) is 0.547. The molecule has 2 aromatic carbocycles. The maximum absolute atomic E-state index is 13.9. The zero-order chi connectivity index (χ0) is 19.4. The van der Waals surface area contributed by atoms with Gasteiger partial charge in [0.25, 0.3) is 5.60 Å². The Kier molecular flexibility index (Phi) is 5.60. The van der Waals surface area contributed by atoms with Crippen LogP contribution in [-0.4, -0.2) is 25.1 Å². The van der Waals surface area contributed by atoms with Crippen molar-refractivity contribution < 1.29 is 28.8 Å². The van der Waals surface area contributed by atoms with Crippen LogP contribution in [0.1, 0.15) is 18.6 Å². The molecule has 0 heterocycles. The van der Waals surface area contributed by atoms with E-state index >= 15 is 0 Å². The second-order valence-electron chi connectivity index (χ2n) is 5.11. The van der Waals surface area contributed by atoms with E-state index in [1.165, 1.54) is 30.3 Å². The molecule has 0 amide bonds. The maximum Gasteiger partial charge on any atom is 0.432 e. The Morgan fingerprint density at radius 3 is 2.08 bits per heavy atom. The van der Waals surface area contributed by atoms with E-state index in [2.05, 4.69) is 4.74 Å². The second kappa shape index (κ2) is 7.89. The number of hydrogen-bond acceptors (Lipinski definition) is 3. The van der Waals surface area contributed by atoms with E-state index in [1.54, 1.807) is 18.2 Å². The van der Waals surface area contributed by atoms with Crippen molar-refractivity contribution in [3.8, 4) is 0 Å². The molecule has 0 N–H and O–H groups in total. The molecule has 0 fully saturated rings. The largest absolute Gasteiger partial charge is 0.454 e. The summed E-state index contributed by atoms with van der Waals surface area (Å²) in [5, 5.41) is 0. The first-order valence-electron chi connectivity index (χ1n) is 7.81. The number of methoxy groups -OCH3 is 1. The summed E-state index contributed by atoms with van der Waals surface area (Å²) < 4.78 is 58.9. The highest BCUT2D eigenvalue weighted by Gasteiger charge is 2.64. The van der Waals surface area contributed by atoms with Gasteiger partial charge in [-0.15, -0.1) is 11.6 Å². The molecule has 0 radical (unpaired) electrons. The summed E-state index contributed by atoms with van der Waals surface area (Å²) in [7, 11) is 0.776. The van der Waals surface area contributed by atoms with E-state index in [-0.39, 0.29) is 0 Å². The van der Waals surface area contributed by atoms with E-state index in [9.17, 15) is 18.0 Å². The van der Waals surface area contributed by atoms with Crippen molar-refractivity contribution in [2.45, 2.75) is 17.9 Å². The van der Waals surface area contributed by atoms with Crippen LogP contribution in [0.5, 0.6) is 0 Å². The monoisotopic (exact) mass is 373 g/mol. The van der Waals surface area contributed by atoms with E-state index in [0.29, 0.717) is 5.56 Å². The van der Waals surface area contributed by atoms with Gasteiger partial charge < -0.3 is 9.47 Å². The fourth-order valence-electron chi connectivity index (χ4n) is 2.39. The van der Waals surface area contributed by atoms with Gasteiger partial charge in [-0.3, -0.25) is 0 Å². The van der Waals surface area contributed by atoms with Crippen LogP contribution >= 0.6 is 11.6 Å². The van der Waals surface area contributed by atoms with Crippen LogP contribution in [-0.2, 0) is 19.9 Å². The zero-order valence-electron chi connectivity index (χ0n) is 14.2. The first-order valence-corrected chi connectivity index (χ1v) is 7.67. The van der Waals surface area contributed by atoms with Gasteiger partial charge in [0.1, 0.15) is 6.10 Å². The number of hydrogen-bond donors (Lipinski definition) is 0. The lowest BCUT2D eigenvalue weighted by molar-refractivity contribution is -0.278. The summed E-state index contributed by atoms with van der Waals surface area (Å²) in [6, 6.07) is 14.3. The average Bonchev–Trinajstić information content (AvgIpc) is 2.61. The van der Waals surface area contributed by atoms with Crippen molar-refractivity contribution in [2.24, 2.45) is 0 Å². The van der Waals surface area contributed by atoms with Gasteiger partial charge in [-0.05, 0) is 5.56 Å². The van der Waals surface area contributed by atoms with Gasteiger partial charge in [0, 0.05) is 14.0 Å². The normalized spacial score (nSPS) is 17.1. The van der Waals surface area contributed by atoms with Crippen molar-refractivity contribution in [3.05, 3.63) is 71.8 Å². The molecule has 2 rings (SSSR count). The second-order valence-corrected chi connectivity index (χ2v) is 5.36. The molecule has 0 aromatic heterocycles. The van der Waals surface area contributed by atoms with Gasteiger partial charge in [-0.25, -0.2) is 4.79 Å². The van der Waals surface area contributed by atoms with Crippen LogP contribution in [0.2, 0.25) is 0 Å². The molecule has 3 atom stereocenters. The van der Waals surface area contributed by atoms with Gasteiger partial charge in [0.05, 0.1) is 5.86 Å². The van der Waals surface area contributed by atoms with Crippen molar-refractivity contribution >= 4 is 17.6 Å². The van der Waals surface area contributed by atoms with Crippen LogP contribution in [0.3, 0.4) is 0 Å². The molecule has 3 nitrogen and oxygen atoms in total.